The minimum absolute atomic E-state index is 0.459. The number of furan rings is 1. The lowest BCUT2D eigenvalue weighted by Gasteiger charge is -2.30. The molecule has 2 heterocycles. The number of hydrogen-bond donors (Lipinski definition) is 1. The van der Waals surface area contributed by atoms with E-state index in [0.717, 1.165) is 26.0 Å². The van der Waals surface area contributed by atoms with Gasteiger partial charge in [0.2, 0.25) is 0 Å². The highest BCUT2D eigenvalue weighted by molar-refractivity contribution is 5.04. The van der Waals surface area contributed by atoms with E-state index in [1.807, 2.05) is 6.07 Å². The molecular formula is C13H21NO2. The molecular weight excluding hydrogens is 202 g/mol. The van der Waals surface area contributed by atoms with Gasteiger partial charge in [-0.05, 0) is 25.3 Å². The third kappa shape index (κ3) is 3.35. The molecule has 0 amide bonds. The van der Waals surface area contributed by atoms with Gasteiger partial charge in [-0.15, -0.1) is 0 Å². The standard InChI is InChI=1S/C13H21NO2/c1-2-3-13-8-12(5-7-16-13)14-9-11-4-6-15-10-11/h4,6,10,12-14H,2-3,5,7-9H2,1H3. The van der Waals surface area contributed by atoms with Crippen molar-refractivity contribution in [1.29, 1.82) is 0 Å². The van der Waals surface area contributed by atoms with Gasteiger partial charge in [-0.3, -0.25) is 0 Å². The third-order valence-electron chi connectivity index (χ3n) is 3.15. The van der Waals surface area contributed by atoms with Gasteiger partial charge in [0.15, 0.2) is 0 Å². The van der Waals surface area contributed by atoms with Crippen molar-refractivity contribution in [3.63, 3.8) is 0 Å². The predicted molar refractivity (Wildman–Crippen MR) is 63.2 cm³/mol. The summed E-state index contributed by atoms with van der Waals surface area (Å²) in [6, 6.07) is 2.61. The van der Waals surface area contributed by atoms with E-state index in [1.165, 1.54) is 18.4 Å². The lowest BCUT2D eigenvalue weighted by atomic mass is 10.00. The molecule has 0 radical (unpaired) electrons. The van der Waals surface area contributed by atoms with E-state index in [0.29, 0.717) is 12.1 Å². The zero-order chi connectivity index (χ0) is 11.2. The van der Waals surface area contributed by atoms with Crippen LogP contribution in [0, 0.1) is 0 Å². The molecule has 1 fully saturated rings. The topological polar surface area (TPSA) is 34.4 Å². The van der Waals surface area contributed by atoms with E-state index in [1.54, 1.807) is 12.5 Å². The van der Waals surface area contributed by atoms with Gasteiger partial charge < -0.3 is 14.5 Å². The second kappa shape index (κ2) is 6.06. The molecule has 3 heteroatoms. The van der Waals surface area contributed by atoms with Crippen LogP contribution in [-0.2, 0) is 11.3 Å². The molecule has 16 heavy (non-hydrogen) atoms. The highest BCUT2D eigenvalue weighted by atomic mass is 16.5. The maximum absolute atomic E-state index is 5.73. The molecule has 2 rings (SSSR count). The minimum atomic E-state index is 0.459. The first-order valence-electron chi connectivity index (χ1n) is 6.24. The Labute approximate surface area is 97.2 Å². The van der Waals surface area contributed by atoms with E-state index in [-0.39, 0.29) is 0 Å². The van der Waals surface area contributed by atoms with Gasteiger partial charge in [0.1, 0.15) is 0 Å². The van der Waals surface area contributed by atoms with Crippen LogP contribution < -0.4 is 5.32 Å². The molecule has 1 aliphatic rings. The molecule has 0 saturated carbocycles. The molecule has 1 aliphatic heterocycles. The summed E-state index contributed by atoms with van der Waals surface area (Å²) in [5.74, 6) is 0. The fourth-order valence-electron chi connectivity index (χ4n) is 2.24. The molecule has 0 bridgehead atoms. The summed E-state index contributed by atoms with van der Waals surface area (Å²) in [5.41, 5.74) is 1.22. The van der Waals surface area contributed by atoms with Crippen molar-refractivity contribution in [3.8, 4) is 0 Å². The van der Waals surface area contributed by atoms with E-state index in [4.69, 9.17) is 9.15 Å². The van der Waals surface area contributed by atoms with Crippen LogP contribution >= 0.6 is 0 Å². The first-order valence-corrected chi connectivity index (χ1v) is 6.24. The molecule has 0 aromatic carbocycles. The molecule has 90 valence electrons. The Bertz CT molecular complexity index is 282. The van der Waals surface area contributed by atoms with Gasteiger partial charge in [0.25, 0.3) is 0 Å². The molecule has 2 unspecified atom stereocenters. The zero-order valence-electron chi connectivity index (χ0n) is 9.95. The Balaban J connectivity index is 1.72. The van der Waals surface area contributed by atoms with Crippen LogP contribution in [0.5, 0.6) is 0 Å². The Morgan fingerprint density at radius 2 is 2.44 bits per heavy atom. The van der Waals surface area contributed by atoms with Gasteiger partial charge in [-0.1, -0.05) is 13.3 Å². The van der Waals surface area contributed by atoms with Gasteiger partial charge in [0.05, 0.1) is 18.6 Å². The second-order valence-electron chi connectivity index (χ2n) is 4.52. The molecule has 3 nitrogen and oxygen atoms in total. The van der Waals surface area contributed by atoms with Gasteiger partial charge in [-0.25, -0.2) is 0 Å². The number of nitrogens with one attached hydrogen (secondary N) is 1. The third-order valence-corrected chi connectivity index (χ3v) is 3.15. The largest absolute Gasteiger partial charge is 0.472 e. The average Bonchev–Trinajstić information content (AvgIpc) is 2.80. The van der Waals surface area contributed by atoms with Crippen molar-refractivity contribution in [2.75, 3.05) is 6.61 Å². The van der Waals surface area contributed by atoms with Gasteiger partial charge in [0, 0.05) is 24.8 Å². The minimum Gasteiger partial charge on any atom is -0.472 e. The summed E-state index contributed by atoms with van der Waals surface area (Å²) in [7, 11) is 0. The first kappa shape index (κ1) is 11.7. The summed E-state index contributed by atoms with van der Waals surface area (Å²) in [5, 5.41) is 3.57. The fraction of sp³-hybridized carbons (Fsp3) is 0.692. The van der Waals surface area contributed by atoms with Crippen LogP contribution in [0.15, 0.2) is 23.0 Å². The number of ether oxygens (including phenoxy) is 1. The van der Waals surface area contributed by atoms with E-state index < -0.39 is 0 Å². The Morgan fingerprint density at radius 3 is 3.19 bits per heavy atom. The summed E-state index contributed by atoms with van der Waals surface area (Å²) < 4.78 is 10.8. The average molecular weight is 223 g/mol. The Kier molecular flexibility index (Phi) is 4.43. The van der Waals surface area contributed by atoms with Crippen molar-refractivity contribution in [3.05, 3.63) is 24.2 Å². The zero-order valence-corrected chi connectivity index (χ0v) is 9.95. The van der Waals surface area contributed by atoms with Crippen molar-refractivity contribution in [1.82, 2.24) is 5.32 Å². The maximum atomic E-state index is 5.73. The van der Waals surface area contributed by atoms with Crippen LogP contribution in [0.4, 0.5) is 0 Å². The van der Waals surface area contributed by atoms with Crippen LogP contribution in [0.25, 0.3) is 0 Å². The Morgan fingerprint density at radius 1 is 1.50 bits per heavy atom. The van der Waals surface area contributed by atoms with Crippen molar-refractivity contribution < 1.29 is 9.15 Å². The lowest BCUT2D eigenvalue weighted by molar-refractivity contribution is -0.00343. The van der Waals surface area contributed by atoms with E-state index >= 15 is 0 Å². The molecule has 1 aromatic heterocycles. The number of hydrogen-bond acceptors (Lipinski definition) is 3. The second-order valence-corrected chi connectivity index (χ2v) is 4.52. The quantitative estimate of drug-likeness (QED) is 0.833. The summed E-state index contributed by atoms with van der Waals surface area (Å²) in [6.45, 7) is 4.01. The van der Waals surface area contributed by atoms with Crippen LogP contribution in [-0.4, -0.2) is 18.8 Å². The fourth-order valence-corrected chi connectivity index (χ4v) is 2.24. The molecule has 0 aliphatic carbocycles. The van der Waals surface area contributed by atoms with Gasteiger partial charge >= 0.3 is 0 Å². The summed E-state index contributed by atoms with van der Waals surface area (Å²) in [6.07, 6.45) is 8.64. The van der Waals surface area contributed by atoms with Crippen molar-refractivity contribution in [2.45, 2.75) is 51.3 Å². The summed E-state index contributed by atoms with van der Waals surface area (Å²) >= 11 is 0. The van der Waals surface area contributed by atoms with Crippen molar-refractivity contribution in [2.24, 2.45) is 0 Å². The maximum Gasteiger partial charge on any atom is 0.0947 e. The Hall–Kier alpha value is -0.800. The molecule has 1 saturated heterocycles. The monoisotopic (exact) mass is 223 g/mol. The van der Waals surface area contributed by atoms with Crippen LogP contribution in [0.3, 0.4) is 0 Å². The lowest BCUT2D eigenvalue weighted by Crippen LogP contribution is -2.38. The first-order chi connectivity index (χ1) is 7.88. The normalized spacial score (nSPS) is 25.8. The molecule has 1 aromatic rings. The molecule has 2 atom stereocenters. The highest BCUT2D eigenvalue weighted by Gasteiger charge is 2.21. The van der Waals surface area contributed by atoms with Crippen LogP contribution in [0.2, 0.25) is 0 Å². The smallest absolute Gasteiger partial charge is 0.0947 e. The SMILES string of the molecule is CCCC1CC(NCc2ccoc2)CCO1. The van der Waals surface area contributed by atoms with Crippen molar-refractivity contribution >= 4 is 0 Å². The molecule has 1 N–H and O–H groups in total. The predicted octanol–water partition coefficient (Wildman–Crippen LogP) is 2.72. The number of rotatable bonds is 5. The van der Waals surface area contributed by atoms with Crippen LogP contribution in [0.1, 0.15) is 38.2 Å². The highest BCUT2D eigenvalue weighted by Crippen LogP contribution is 2.18. The van der Waals surface area contributed by atoms with Gasteiger partial charge in [-0.2, -0.15) is 0 Å². The summed E-state index contributed by atoms with van der Waals surface area (Å²) in [4.78, 5) is 0. The van der Waals surface area contributed by atoms with E-state index in [2.05, 4.69) is 12.2 Å². The molecule has 0 spiro atoms. The van der Waals surface area contributed by atoms with E-state index in [9.17, 15) is 0 Å².